The van der Waals surface area contributed by atoms with Gasteiger partial charge in [-0.15, -0.1) is 0 Å². The molecule has 0 saturated heterocycles. The van der Waals surface area contributed by atoms with E-state index in [9.17, 15) is 22.0 Å². The monoisotopic (exact) mass is 212 g/mol. The van der Waals surface area contributed by atoms with Crippen LogP contribution in [0.5, 0.6) is 0 Å². The lowest BCUT2D eigenvalue weighted by Gasteiger charge is -2.09. The van der Waals surface area contributed by atoms with Gasteiger partial charge in [-0.1, -0.05) is 20.1 Å². The molecule has 0 bridgehead atoms. The predicted octanol–water partition coefficient (Wildman–Crippen LogP) is 4.22. The predicted molar refractivity (Wildman–Crippen MR) is 43.9 cm³/mol. The zero-order valence-electron chi connectivity index (χ0n) is 7.51. The van der Waals surface area contributed by atoms with Crippen LogP contribution in [0.1, 0.15) is 13.3 Å². The number of hydrogen-bond acceptors (Lipinski definition) is 0. The molecule has 0 aromatic rings. The minimum Gasteiger partial charge on any atom is -0.203 e. The first-order valence-corrected chi connectivity index (χ1v) is 3.71. The molecule has 0 saturated carbocycles. The Morgan fingerprint density at radius 2 is 1.50 bits per heavy atom. The van der Waals surface area contributed by atoms with Crippen LogP contribution in [0.3, 0.4) is 0 Å². The third-order valence-electron chi connectivity index (χ3n) is 1.54. The summed E-state index contributed by atoms with van der Waals surface area (Å²) in [5.74, 6) is -3.58. The topological polar surface area (TPSA) is 0 Å². The van der Waals surface area contributed by atoms with Gasteiger partial charge in [-0.2, -0.15) is 13.2 Å². The summed E-state index contributed by atoms with van der Waals surface area (Å²) < 4.78 is 61.1. The van der Waals surface area contributed by atoms with E-state index in [-0.39, 0.29) is 12.0 Å². The van der Waals surface area contributed by atoms with E-state index in [1.54, 1.807) is 0 Å². The van der Waals surface area contributed by atoms with Crippen molar-refractivity contribution in [1.82, 2.24) is 0 Å². The quantitative estimate of drug-likeness (QED) is 0.485. The first-order chi connectivity index (χ1) is 6.21. The number of halogens is 5. The van der Waals surface area contributed by atoms with E-state index in [0.29, 0.717) is 0 Å². The van der Waals surface area contributed by atoms with E-state index in [2.05, 4.69) is 13.2 Å². The van der Waals surface area contributed by atoms with E-state index in [0.717, 1.165) is 0 Å². The Hall–Kier alpha value is -1.13. The molecule has 0 aliphatic rings. The molecule has 0 aliphatic carbocycles. The van der Waals surface area contributed by atoms with Gasteiger partial charge in [0, 0.05) is 0 Å². The zero-order chi connectivity index (χ0) is 11.5. The van der Waals surface area contributed by atoms with Crippen LogP contribution >= 0.6 is 0 Å². The van der Waals surface area contributed by atoms with Crippen molar-refractivity contribution >= 4 is 0 Å². The highest BCUT2D eigenvalue weighted by Gasteiger charge is 2.36. The molecule has 0 N–H and O–H groups in total. The van der Waals surface area contributed by atoms with Gasteiger partial charge in [0.05, 0.1) is 5.57 Å². The number of alkyl halides is 3. The van der Waals surface area contributed by atoms with Crippen molar-refractivity contribution in [1.29, 1.82) is 0 Å². The summed E-state index contributed by atoms with van der Waals surface area (Å²) in [7, 11) is 0. The molecular formula is C9H9F5. The maximum absolute atomic E-state index is 12.8. The number of hydrogen-bond donors (Lipinski definition) is 0. The Morgan fingerprint density at radius 3 is 1.79 bits per heavy atom. The first-order valence-electron chi connectivity index (χ1n) is 3.71. The van der Waals surface area contributed by atoms with E-state index < -0.39 is 23.4 Å². The third kappa shape index (κ3) is 2.97. The van der Waals surface area contributed by atoms with Gasteiger partial charge in [-0.25, -0.2) is 8.78 Å². The summed E-state index contributed by atoms with van der Waals surface area (Å²) in [5, 5.41) is 0. The van der Waals surface area contributed by atoms with Crippen molar-refractivity contribution < 1.29 is 22.0 Å². The minimum absolute atomic E-state index is 0.0321. The highest BCUT2D eigenvalue weighted by molar-refractivity contribution is 5.36. The SMILES string of the molecule is C=C(CC)/C(F)=C(/F)C(=C)C(F)(F)F. The molecule has 0 aliphatic heterocycles. The van der Waals surface area contributed by atoms with Gasteiger partial charge in [-0.05, 0) is 12.0 Å². The average molecular weight is 212 g/mol. The molecule has 0 heterocycles. The molecule has 80 valence electrons. The van der Waals surface area contributed by atoms with Gasteiger partial charge in [-0.3, -0.25) is 0 Å². The van der Waals surface area contributed by atoms with Crippen molar-refractivity contribution in [3.63, 3.8) is 0 Å². The van der Waals surface area contributed by atoms with Gasteiger partial charge in [0.15, 0.2) is 11.7 Å². The molecule has 0 radical (unpaired) electrons. The van der Waals surface area contributed by atoms with Crippen molar-refractivity contribution in [2.75, 3.05) is 0 Å². The summed E-state index contributed by atoms with van der Waals surface area (Å²) in [6, 6.07) is 0. The Kier molecular flexibility index (Phi) is 4.04. The lowest BCUT2D eigenvalue weighted by atomic mass is 10.1. The highest BCUT2D eigenvalue weighted by Crippen LogP contribution is 2.34. The third-order valence-corrected chi connectivity index (χ3v) is 1.54. The van der Waals surface area contributed by atoms with Crippen LogP contribution in [0, 0.1) is 0 Å². The molecule has 0 rings (SSSR count). The van der Waals surface area contributed by atoms with Gasteiger partial charge in [0.1, 0.15) is 0 Å². The second-order valence-electron chi connectivity index (χ2n) is 2.56. The van der Waals surface area contributed by atoms with Crippen LogP contribution in [0.15, 0.2) is 36.0 Å². The van der Waals surface area contributed by atoms with Crippen LogP contribution in [0.25, 0.3) is 0 Å². The fourth-order valence-corrected chi connectivity index (χ4v) is 0.567. The molecular weight excluding hydrogens is 203 g/mol. The van der Waals surface area contributed by atoms with Gasteiger partial charge in [0.25, 0.3) is 0 Å². The van der Waals surface area contributed by atoms with Crippen molar-refractivity contribution in [2.24, 2.45) is 0 Å². The van der Waals surface area contributed by atoms with Crippen molar-refractivity contribution in [3.8, 4) is 0 Å². The summed E-state index contributed by atoms with van der Waals surface area (Å²) in [5.41, 5.74) is -2.16. The van der Waals surface area contributed by atoms with Crippen LogP contribution in [0.2, 0.25) is 0 Å². The number of allylic oxidation sites excluding steroid dienone is 4. The summed E-state index contributed by atoms with van der Waals surface area (Å²) in [4.78, 5) is 0. The van der Waals surface area contributed by atoms with Crippen molar-refractivity contribution in [3.05, 3.63) is 36.0 Å². The number of rotatable bonds is 3. The van der Waals surface area contributed by atoms with E-state index in [1.165, 1.54) is 6.92 Å². The molecule has 0 aromatic carbocycles. The molecule has 14 heavy (non-hydrogen) atoms. The second kappa shape index (κ2) is 4.39. The maximum Gasteiger partial charge on any atom is 0.418 e. The molecule has 0 unspecified atom stereocenters. The van der Waals surface area contributed by atoms with E-state index >= 15 is 0 Å². The van der Waals surface area contributed by atoms with Gasteiger partial charge < -0.3 is 0 Å². The van der Waals surface area contributed by atoms with E-state index in [1.807, 2.05) is 0 Å². The lowest BCUT2D eigenvalue weighted by molar-refractivity contribution is -0.0909. The molecule has 0 nitrogen and oxygen atoms in total. The molecule has 0 fully saturated rings. The molecule has 0 amide bonds. The maximum atomic E-state index is 12.8. The van der Waals surface area contributed by atoms with Crippen LogP contribution < -0.4 is 0 Å². The first kappa shape index (κ1) is 12.9. The molecule has 0 aromatic heterocycles. The Bertz CT molecular complexity index is 282. The van der Waals surface area contributed by atoms with Crippen LogP contribution in [-0.2, 0) is 0 Å². The summed E-state index contributed by atoms with van der Waals surface area (Å²) in [6.07, 6.45) is -4.93. The molecule has 0 atom stereocenters. The lowest BCUT2D eigenvalue weighted by Crippen LogP contribution is -2.12. The van der Waals surface area contributed by atoms with Crippen LogP contribution in [-0.4, -0.2) is 6.18 Å². The van der Waals surface area contributed by atoms with Gasteiger partial charge in [0.2, 0.25) is 0 Å². The van der Waals surface area contributed by atoms with Gasteiger partial charge >= 0.3 is 6.18 Å². The van der Waals surface area contributed by atoms with Crippen LogP contribution in [0.4, 0.5) is 22.0 Å². The standard InChI is InChI=1S/C9H9F5/c1-4-5(2)7(10)8(11)6(3)9(12,13)14/h2-4H2,1H3/b8-7-. The second-order valence-corrected chi connectivity index (χ2v) is 2.56. The fraction of sp³-hybridized carbons (Fsp3) is 0.333. The Labute approximate surface area is 78.4 Å². The summed E-state index contributed by atoms with van der Waals surface area (Å²) >= 11 is 0. The summed E-state index contributed by atoms with van der Waals surface area (Å²) in [6.45, 7) is 6.95. The smallest absolute Gasteiger partial charge is 0.203 e. The highest BCUT2D eigenvalue weighted by atomic mass is 19.4. The van der Waals surface area contributed by atoms with Crippen molar-refractivity contribution in [2.45, 2.75) is 19.5 Å². The normalized spacial score (nSPS) is 13.6. The van der Waals surface area contributed by atoms with E-state index in [4.69, 9.17) is 0 Å². The zero-order valence-corrected chi connectivity index (χ0v) is 7.51. The largest absolute Gasteiger partial charge is 0.418 e. The Morgan fingerprint density at radius 1 is 1.07 bits per heavy atom. The molecule has 0 spiro atoms. The Balaban J connectivity index is 5.03. The molecule has 5 heteroatoms. The fourth-order valence-electron chi connectivity index (χ4n) is 0.567. The average Bonchev–Trinajstić information content (AvgIpc) is 2.11. The minimum atomic E-state index is -4.96.